The molecule has 1 atom stereocenters. The van der Waals surface area contributed by atoms with Crippen LogP contribution in [-0.4, -0.2) is 24.2 Å². The number of hydrogen-bond donors (Lipinski definition) is 2. The van der Waals surface area contributed by atoms with E-state index in [1.165, 1.54) is 6.07 Å². The molecule has 1 unspecified atom stereocenters. The summed E-state index contributed by atoms with van der Waals surface area (Å²) in [6, 6.07) is 3.56. The average Bonchev–Trinajstić information content (AvgIpc) is 2.35. The number of carbonyl (C=O) groups is 1. The maximum atomic E-state index is 13.1. The molecule has 1 heterocycles. The molecular weight excluding hydrogens is 240 g/mol. The molecule has 2 rings (SSSR count). The molecule has 18 heavy (non-hydrogen) atoms. The van der Waals surface area contributed by atoms with Gasteiger partial charge in [0, 0.05) is 6.54 Å². The number of hydrogen-bond acceptors (Lipinski definition) is 2. The highest BCUT2D eigenvalue weighted by Gasteiger charge is 2.39. The van der Waals surface area contributed by atoms with Crippen LogP contribution in [0.15, 0.2) is 18.2 Å². The van der Waals surface area contributed by atoms with Gasteiger partial charge in [-0.2, -0.15) is 0 Å². The maximum absolute atomic E-state index is 13.1. The number of carboxylic acids is 1. The van der Waals surface area contributed by atoms with Crippen molar-refractivity contribution in [3.05, 3.63) is 35.4 Å². The third kappa shape index (κ3) is 2.51. The Morgan fingerprint density at radius 3 is 2.72 bits per heavy atom. The van der Waals surface area contributed by atoms with Crippen molar-refractivity contribution in [3.8, 4) is 0 Å². The van der Waals surface area contributed by atoms with Crippen molar-refractivity contribution in [1.29, 1.82) is 0 Å². The summed E-state index contributed by atoms with van der Waals surface area (Å²) in [7, 11) is 0. The Kier molecular flexibility index (Phi) is 3.61. The van der Waals surface area contributed by atoms with E-state index >= 15 is 0 Å². The summed E-state index contributed by atoms with van der Waals surface area (Å²) in [6.45, 7) is 1.16. The maximum Gasteiger partial charge on any atom is 0.311 e. The van der Waals surface area contributed by atoms with Gasteiger partial charge in [-0.05, 0) is 43.5 Å². The van der Waals surface area contributed by atoms with Crippen LogP contribution < -0.4 is 5.32 Å². The molecule has 0 aromatic heterocycles. The summed E-state index contributed by atoms with van der Waals surface area (Å²) >= 11 is 0. The Hall–Kier alpha value is -1.49. The second kappa shape index (κ2) is 5.02. The van der Waals surface area contributed by atoms with Crippen LogP contribution in [0.3, 0.4) is 0 Å². The van der Waals surface area contributed by atoms with Crippen LogP contribution >= 0.6 is 0 Å². The predicted octanol–water partition coefficient (Wildman–Crippen LogP) is 1.96. The molecule has 0 aliphatic carbocycles. The fraction of sp³-hybridized carbons (Fsp3) is 0.462. The minimum atomic E-state index is -0.934. The normalized spacial score (nSPS) is 23.9. The van der Waals surface area contributed by atoms with Gasteiger partial charge in [0.05, 0.1) is 5.41 Å². The van der Waals surface area contributed by atoms with Crippen molar-refractivity contribution in [2.45, 2.75) is 19.3 Å². The second-order valence-corrected chi connectivity index (χ2v) is 4.79. The molecule has 98 valence electrons. The van der Waals surface area contributed by atoms with Crippen LogP contribution in [0.4, 0.5) is 8.78 Å². The van der Waals surface area contributed by atoms with Crippen LogP contribution in [-0.2, 0) is 11.2 Å². The van der Waals surface area contributed by atoms with E-state index in [2.05, 4.69) is 5.32 Å². The van der Waals surface area contributed by atoms with Crippen molar-refractivity contribution in [2.24, 2.45) is 5.41 Å². The Balaban J connectivity index is 2.23. The highest BCUT2D eigenvalue weighted by Crippen LogP contribution is 2.31. The van der Waals surface area contributed by atoms with E-state index in [-0.39, 0.29) is 6.42 Å². The van der Waals surface area contributed by atoms with E-state index in [1.54, 1.807) is 0 Å². The topological polar surface area (TPSA) is 49.3 Å². The number of nitrogens with one attached hydrogen (secondary N) is 1. The number of benzene rings is 1. The quantitative estimate of drug-likeness (QED) is 0.868. The molecule has 1 fully saturated rings. The van der Waals surface area contributed by atoms with E-state index < -0.39 is 23.0 Å². The summed E-state index contributed by atoms with van der Waals surface area (Å²) in [5.74, 6) is -2.74. The van der Waals surface area contributed by atoms with E-state index in [1.807, 2.05) is 0 Å². The summed E-state index contributed by atoms with van der Waals surface area (Å²) in [5, 5.41) is 12.4. The van der Waals surface area contributed by atoms with Gasteiger partial charge in [0.25, 0.3) is 0 Å². The molecule has 0 spiro atoms. The zero-order valence-electron chi connectivity index (χ0n) is 9.88. The molecule has 0 radical (unpaired) electrons. The zero-order chi connectivity index (χ0) is 13.2. The number of aliphatic carboxylic acids is 1. The summed E-state index contributed by atoms with van der Waals surface area (Å²) in [4.78, 5) is 11.4. The molecule has 2 N–H and O–H groups in total. The molecule has 0 bridgehead atoms. The minimum Gasteiger partial charge on any atom is -0.481 e. The van der Waals surface area contributed by atoms with Crippen LogP contribution in [0.2, 0.25) is 0 Å². The van der Waals surface area contributed by atoms with Crippen molar-refractivity contribution in [3.63, 3.8) is 0 Å². The van der Waals surface area contributed by atoms with E-state index in [0.29, 0.717) is 18.5 Å². The molecular formula is C13H15F2NO2. The van der Waals surface area contributed by atoms with Crippen molar-refractivity contribution < 1.29 is 18.7 Å². The Labute approximate surface area is 104 Å². The minimum absolute atomic E-state index is 0.215. The van der Waals surface area contributed by atoms with Crippen molar-refractivity contribution in [1.82, 2.24) is 5.32 Å². The van der Waals surface area contributed by atoms with Gasteiger partial charge < -0.3 is 10.4 Å². The molecule has 1 aromatic rings. The van der Waals surface area contributed by atoms with E-state index in [0.717, 1.165) is 25.1 Å². The lowest BCUT2D eigenvalue weighted by atomic mass is 9.76. The first kappa shape index (κ1) is 13.0. The smallest absolute Gasteiger partial charge is 0.311 e. The Morgan fingerprint density at radius 2 is 2.17 bits per heavy atom. The predicted molar refractivity (Wildman–Crippen MR) is 62.2 cm³/mol. The lowest BCUT2D eigenvalue weighted by Gasteiger charge is -2.33. The highest BCUT2D eigenvalue weighted by molar-refractivity contribution is 5.75. The van der Waals surface area contributed by atoms with Crippen molar-refractivity contribution >= 4 is 5.97 Å². The first-order valence-corrected chi connectivity index (χ1v) is 5.92. The molecule has 1 aromatic carbocycles. The fourth-order valence-corrected chi connectivity index (χ4v) is 2.42. The summed E-state index contributed by atoms with van der Waals surface area (Å²) in [5.41, 5.74) is -0.400. The molecule has 0 amide bonds. The third-order valence-corrected chi connectivity index (χ3v) is 3.45. The molecule has 5 heteroatoms. The molecule has 0 saturated carbocycles. The standard InChI is InChI=1S/C13H15F2NO2/c14-10-3-2-9(6-11(10)15)7-13(12(17)18)4-1-5-16-8-13/h2-3,6,16H,1,4-5,7-8H2,(H,17,18). The molecule has 3 nitrogen and oxygen atoms in total. The Bertz CT molecular complexity index is 456. The summed E-state index contributed by atoms with van der Waals surface area (Å²) < 4.78 is 25.9. The highest BCUT2D eigenvalue weighted by atomic mass is 19.2. The zero-order valence-corrected chi connectivity index (χ0v) is 9.88. The monoisotopic (exact) mass is 255 g/mol. The fourth-order valence-electron chi connectivity index (χ4n) is 2.42. The number of rotatable bonds is 3. The number of halogens is 2. The first-order chi connectivity index (χ1) is 8.53. The van der Waals surface area contributed by atoms with Gasteiger partial charge in [-0.15, -0.1) is 0 Å². The van der Waals surface area contributed by atoms with Gasteiger partial charge in [-0.1, -0.05) is 6.07 Å². The van der Waals surface area contributed by atoms with E-state index in [4.69, 9.17) is 0 Å². The van der Waals surface area contributed by atoms with E-state index in [9.17, 15) is 18.7 Å². The number of carboxylic acid groups (broad SMARTS) is 1. The van der Waals surface area contributed by atoms with Crippen LogP contribution in [0.1, 0.15) is 18.4 Å². The Morgan fingerprint density at radius 1 is 1.39 bits per heavy atom. The lowest BCUT2D eigenvalue weighted by Crippen LogP contribution is -2.47. The number of piperidine rings is 1. The SMILES string of the molecule is O=C(O)C1(Cc2ccc(F)c(F)c2)CCCNC1. The van der Waals surface area contributed by atoms with Crippen LogP contribution in [0.25, 0.3) is 0 Å². The van der Waals surface area contributed by atoms with Gasteiger partial charge in [0.15, 0.2) is 11.6 Å². The van der Waals surface area contributed by atoms with Gasteiger partial charge in [-0.3, -0.25) is 4.79 Å². The van der Waals surface area contributed by atoms with Gasteiger partial charge in [0.1, 0.15) is 0 Å². The van der Waals surface area contributed by atoms with Gasteiger partial charge in [-0.25, -0.2) is 8.78 Å². The lowest BCUT2D eigenvalue weighted by molar-refractivity contribution is -0.150. The van der Waals surface area contributed by atoms with Crippen LogP contribution in [0.5, 0.6) is 0 Å². The second-order valence-electron chi connectivity index (χ2n) is 4.79. The largest absolute Gasteiger partial charge is 0.481 e. The first-order valence-electron chi connectivity index (χ1n) is 5.92. The van der Waals surface area contributed by atoms with Gasteiger partial charge >= 0.3 is 5.97 Å². The third-order valence-electron chi connectivity index (χ3n) is 3.45. The molecule has 1 aliphatic heterocycles. The summed E-state index contributed by atoms with van der Waals surface area (Å²) in [6.07, 6.45) is 1.54. The van der Waals surface area contributed by atoms with Gasteiger partial charge in [0.2, 0.25) is 0 Å². The van der Waals surface area contributed by atoms with Crippen molar-refractivity contribution in [2.75, 3.05) is 13.1 Å². The molecule has 1 aliphatic rings. The van der Waals surface area contributed by atoms with Crippen LogP contribution in [0, 0.1) is 17.0 Å². The average molecular weight is 255 g/mol. The molecule has 1 saturated heterocycles.